The average molecular weight is 252 g/mol. The number of halogens is 1. The summed E-state index contributed by atoms with van der Waals surface area (Å²) in [6, 6.07) is 5.34. The Bertz CT molecular complexity index is 554. The number of aromatic nitrogens is 1. The van der Waals surface area contributed by atoms with Crippen LogP contribution in [0.1, 0.15) is 5.56 Å². The Morgan fingerprint density at radius 3 is 3.06 bits per heavy atom. The first-order valence-electron chi connectivity index (χ1n) is 4.77. The third kappa shape index (κ3) is 2.01. The predicted octanol–water partition coefficient (Wildman–Crippen LogP) is 3.54. The summed E-state index contributed by atoms with van der Waals surface area (Å²) in [7, 11) is 0. The Morgan fingerprint density at radius 1 is 1.50 bits per heavy atom. The maximum Gasteiger partial charge on any atom is 0.149 e. The second-order valence-electron chi connectivity index (χ2n) is 3.28. The number of phenols is 1. The fourth-order valence-electron chi connectivity index (χ4n) is 1.51. The van der Waals surface area contributed by atoms with Crippen LogP contribution in [-0.4, -0.2) is 15.8 Å². The molecule has 1 aromatic carbocycles. The Hall–Kier alpha value is -1.19. The second kappa shape index (κ2) is 4.76. The van der Waals surface area contributed by atoms with E-state index >= 15 is 0 Å². The minimum Gasteiger partial charge on any atom is -0.505 e. The molecule has 2 aromatic rings. The van der Waals surface area contributed by atoms with Crippen molar-refractivity contribution in [3.05, 3.63) is 41.1 Å². The Kier molecular flexibility index (Phi) is 3.36. The van der Waals surface area contributed by atoms with Gasteiger partial charge in [0.2, 0.25) is 0 Å². The molecule has 1 heterocycles. The predicted molar refractivity (Wildman–Crippen MR) is 71.3 cm³/mol. The molecule has 16 heavy (non-hydrogen) atoms. The maximum absolute atomic E-state index is 10.0. The molecule has 0 aliphatic rings. The zero-order valence-corrected chi connectivity index (χ0v) is 10.0. The third-order valence-electron chi connectivity index (χ3n) is 2.25. The van der Waals surface area contributed by atoms with E-state index in [4.69, 9.17) is 11.6 Å². The SMILES string of the molecule is Oc1c(C=CCS)cc(Cl)c2cccnc12. The Balaban J connectivity index is 2.70. The van der Waals surface area contributed by atoms with Crippen LogP contribution in [-0.2, 0) is 0 Å². The summed E-state index contributed by atoms with van der Waals surface area (Å²) in [5, 5.41) is 11.3. The number of nitrogens with zero attached hydrogens (tertiary/aromatic N) is 1. The van der Waals surface area contributed by atoms with Crippen LogP contribution in [0.25, 0.3) is 17.0 Å². The van der Waals surface area contributed by atoms with E-state index in [1.807, 2.05) is 12.1 Å². The highest BCUT2D eigenvalue weighted by Gasteiger charge is 2.08. The number of hydrogen-bond acceptors (Lipinski definition) is 3. The molecule has 0 atom stereocenters. The highest BCUT2D eigenvalue weighted by Crippen LogP contribution is 2.33. The monoisotopic (exact) mass is 251 g/mol. The van der Waals surface area contributed by atoms with E-state index in [9.17, 15) is 5.11 Å². The van der Waals surface area contributed by atoms with Crippen molar-refractivity contribution in [2.24, 2.45) is 0 Å². The summed E-state index contributed by atoms with van der Waals surface area (Å²) in [5.74, 6) is 0.759. The molecule has 0 bridgehead atoms. The number of thiol groups is 1. The molecule has 2 rings (SSSR count). The van der Waals surface area contributed by atoms with Gasteiger partial charge in [0.25, 0.3) is 0 Å². The van der Waals surface area contributed by atoms with Gasteiger partial charge in [0, 0.05) is 22.9 Å². The van der Waals surface area contributed by atoms with Crippen LogP contribution in [0.15, 0.2) is 30.5 Å². The molecular formula is C12H10ClNOS. The first-order valence-corrected chi connectivity index (χ1v) is 5.78. The van der Waals surface area contributed by atoms with E-state index in [0.29, 0.717) is 21.9 Å². The van der Waals surface area contributed by atoms with Crippen molar-refractivity contribution in [3.63, 3.8) is 0 Å². The Morgan fingerprint density at radius 2 is 2.31 bits per heavy atom. The zero-order valence-electron chi connectivity index (χ0n) is 8.39. The number of rotatable bonds is 2. The lowest BCUT2D eigenvalue weighted by atomic mass is 10.1. The molecule has 0 radical (unpaired) electrons. The molecule has 4 heteroatoms. The van der Waals surface area contributed by atoms with Crippen molar-refractivity contribution < 1.29 is 5.11 Å². The van der Waals surface area contributed by atoms with Crippen molar-refractivity contribution in [2.75, 3.05) is 5.75 Å². The minimum absolute atomic E-state index is 0.151. The molecule has 0 saturated heterocycles. The summed E-state index contributed by atoms with van der Waals surface area (Å²) < 4.78 is 0. The zero-order chi connectivity index (χ0) is 11.5. The number of hydrogen-bond donors (Lipinski definition) is 2. The minimum atomic E-state index is 0.151. The molecule has 1 aromatic heterocycles. The fourth-order valence-corrected chi connectivity index (χ4v) is 1.89. The molecule has 0 saturated carbocycles. The number of benzene rings is 1. The van der Waals surface area contributed by atoms with Gasteiger partial charge in [0.05, 0.1) is 5.02 Å². The van der Waals surface area contributed by atoms with E-state index in [0.717, 1.165) is 5.39 Å². The highest BCUT2D eigenvalue weighted by molar-refractivity contribution is 7.80. The van der Waals surface area contributed by atoms with Crippen LogP contribution >= 0.6 is 24.2 Å². The number of phenolic OH excluding ortho intramolecular Hbond substituents is 1. The van der Waals surface area contributed by atoms with Crippen LogP contribution < -0.4 is 0 Å². The maximum atomic E-state index is 10.0. The van der Waals surface area contributed by atoms with Gasteiger partial charge < -0.3 is 5.11 Å². The molecule has 0 spiro atoms. The fraction of sp³-hybridized carbons (Fsp3) is 0.0833. The van der Waals surface area contributed by atoms with Crippen LogP contribution in [0.3, 0.4) is 0 Å². The van der Waals surface area contributed by atoms with Gasteiger partial charge in [-0.25, -0.2) is 0 Å². The van der Waals surface area contributed by atoms with Gasteiger partial charge >= 0.3 is 0 Å². The Labute approximate surface area is 104 Å². The number of fused-ring (bicyclic) bond motifs is 1. The summed E-state index contributed by atoms with van der Waals surface area (Å²) in [5.41, 5.74) is 1.18. The first-order chi connectivity index (χ1) is 7.74. The summed E-state index contributed by atoms with van der Waals surface area (Å²) in [4.78, 5) is 4.12. The molecule has 2 nitrogen and oxygen atoms in total. The van der Waals surface area contributed by atoms with E-state index in [1.165, 1.54) is 0 Å². The van der Waals surface area contributed by atoms with Crippen LogP contribution in [0.2, 0.25) is 5.02 Å². The van der Waals surface area contributed by atoms with Gasteiger partial charge in [0.15, 0.2) is 0 Å². The lowest BCUT2D eigenvalue weighted by Gasteiger charge is -2.05. The van der Waals surface area contributed by atoms with E-state index in [1.54, 1.807) is 24.4 Å². The van der Waals surface area contributed by atoms with E-state index < -0.39 is 0 Å². The first kappa shape index (κ1) is 11.3. The van der Waals surface area contributed by atoms with Gasteiger partial charge in [-0.2, -0.15) is 12.6 Å². The lowest BCUT2D eigenvalue weighted by molar-refractivity contribution is 0.479. The lowest BCUT2D eigenvalue weighted by Crippen LogP contribution is -1.84. The second-order valence-corrected chi connectivity index (χ2v) is 4.05. The topological polar surface area (TPSA) is 33.1 Å². The van der Waals surface area contributed by atoms with Crippen LogP contribution in [0.4, 0.5) is 0 Å². The largest absolute Gasteiger partial charge is 0.505 e. The van der Waals surface area contributed by atoms with E-state index in [2.05, 4.69) is 17.6 Å². The standard InChI is InChI=1S/C12H10ClNOS/c13-10-7-8(3-2-6-16)12(15)11-9(10)4-1-5-14-11/h1-5,7,15-16H,6H2. The van der Waals surface area contributed by atoms with Crippen LogP contribution in [0.5, 0.6) is 5.75 Å². The van der Waals surface area contributed by atoms with Crippen molar-refractivity contribution in [1.82, 2.24) is 4.98 Å². The highest BCUT2D eigenvalue weighted by atomic mass is 35.5. The van der Waals surface area contributed by atoms with E-state index in [-0.39, 0.29) is 5.75 Å². The van der Waals surface area contributed by atoms with Gasteiger partial charge in [-0.3, -0.25) is 4.98 Å². The van der Waals surface area contributed by atoms with Crippen molar-refractivity contribution in [1.29, 1.82) is 0 Å². The van der Waals surface area contributed by atoms with Crippen LogP contribution in [0, 0.1) is 0 Å². The molecule has 82 valence electrons. The van der Waals surface area contributed by atoms with Gasteiger partial charge in [-0.1, -0.05) is 23.8 Å². The summed E-state index contributed by atoms with van der Waals surface area (Å²) in [6.45, 7) is 0. The van der Waals surface area contributed by atoms with Crippen molar-refractivity contribution in [2.45, 2.75) is 0 Å². The van der Waals surface area contributed by atoms with Crippen molar-refractivity contribution >= 4 is 41.2 Å². The quantitative estimate of drug-likeness (QED) is 0.801. The number of aromatic hydroxyl groups is 1. The molecule has 1 N–H and O–H groups in total. The third-order valence-corrected chi connectivity index (χ3v) is 2.77. The van der Waals surface area contributed by atoms with Gasteiger partial charge in [0.1, 0.15) is 11.3 Å². The normalized spacial score (nSPS) is 11.4. The summed E-state index contributed by atoms with van der Waals surface area (Å²) in [6.07, 6.45) is 5.25. The molecule has 0 unspecified atom stereocenters. The van der Waals surface area contributed by atoms with Crippen molar-refractivity contribution in [3.8, 4) is 5.75 Å². The smallest absolute Gasteiger partial charge is 0.149 e. The molecule has 0 aliphatic carbocycles. The van der Waals surface area contributed by atoms with Gasteiger partial charge in [-0.15, -0.1) is 0 Å². The molecule has 0 fully saturated rings. The molecule has 0 aliphatic heterocycles. The average Bonchev–Trinajstić information content (AvgIpc) is 2.32. The number of pyridine rings is 1. The van der Waals surface area contributed by atoms with Gasteiger partial charge in [-0.05, 0) is 18.2 Å². The molecule has 0 amide bonds. The molecular weight excluding hydrogens is 242 g/mol. The summed E-state index contributed by atoms with van der Waals surface area (Å²) >= 11 is 10.2.